The second kappa shape index (κ2) is 7.45. The maximum Gasteiger partial charge on any atom is 0.344 e. The van der Waals surface area contributed by atoms with Gasteiger partial charge in [-0.3, -0.25) is 9.59 Å². The highest BCUT2D eigenvalue weighted by molar-refractivity contribution is 5.95. The molecule has 0 radical (unpaired) electrons. The summed E-state index contributed by atoms with van der Waals surface area (Å²) in [6.07, 6.45) is 7.04. The van der Waals surface area contributed by atoms with E-state index in [1.165, 1.54) is 25.3 Å². The molecule has 0 heterocycles. The quantitative estimate of drug-likeness (QED) is 0.695. The van der Waals surface area contributed by atoms with Gasteiger partial charge in [-0.15, -0.1) is 0 Å². The first-order valence-corrected chi connectivity index (χ1v) is 9.91. The smallest absolute Gasteiger partial charge is 0.344 e. The van der Waals surface area contributed by atoms with Gasteiger partial charge in [0.1, 0.15) is 5.75 Å². The SMILES string of the molecule is NC(=O)c1ccccc1OCC(=O)OCC(=O)NC12CC3CC(CC(C3)C1)C2. The van der Waals surface area contributed by atoms with Crippen LogP contribution < -0.4 is 15.8 Å². The summed E-state index contributed by atoms with van der Waals surface area (Å²) in [5.41, 5.74) is 5.36. The Kier molecular flexibility index (Phi) is 5.00. The number of para-hydroxylation sites is 1. The van der Waals surface area contributed by atoms with Crippen LogP contribution in [0.3, 0.4) is 0 Å². The Bertz CT molecular complexity index is 755. The van der Waals surface area contributed by atoms with Crippen molar-refractivity contribution in [1.82, 2.24) is 5.32 Å². The Morgan fingerprint density at radius 1 is 1.00 bits per heavy atom. The molecule has 28 heavy (non-hydrogen) atoms. The highest BCUT2D eigenvalue weighted by Gasteiger charge is 2.51. The zero-order chi connectivity index (χ0) is 19.7. The van der Waals surface area contributed by atoms with Crippen LogP contribution in [-0.4, -0.2) is 36.5 Å². The van der Waals surface area contributed by atoms with Gasteiger partial charge in [0.25, 0.3) is 11.8 Å². The molecule has 0 unspecified atom stereocenters. The average molecular weight is 386 g/mol. The van der Waals surface area contributed by atoms with E-state index in [9.17, 15) is 14.4 Å². The Morgan fingerprint density at radius 2 is 1.61 bits per heavy atom. The van der Waals surface area contributed by atoms with Crippen LogP contribution in [0, 0.1) is 17.8 Å². The van der Waals surface area contributed by atoms with Crippen LogP contribution >= 0.6 is 0 Å². The molecule has 0 spiro atoms. The van der Waals surface area contributed by atoms with E-state index in [-0.39, 0.29) is 29.4 Å². The molecular weight excluding hydrogens is 360 g/mol. The molecule has 3 N–H and O–H groups in total. The van der Waals surface area contributed by atoms with Gasteiger partial charge in [-0.25, -0.2) is 4.79 Å². The molecule has 7 nitrogen and oxygen atoms in total. The van der Waals surface area contributed by atoms with Crippen LogP contribution in [0.5, 0.6) is 5.75 Å². The van der Waals surface area contributed by atoms with Gasteiger partial charge >= 0.3 is 5.97 Å². The van der Waals surface area contributed by atoms with E-state index >= 15 is 0 Å². The molecule has 7 heteroatoms. The molecule has 5 rings (SSSR count). The summed E-state index contributed by atoms with van der Waals surface area (Å²) in [5.74, 6) is 0.838. The molecule has 0 atom stereocenters. The lowest BCUT2D eigenvalue weighted by molar-refractivity contribution is -0.151. The highest BCUT2D eigenvalue weighted by Crippen LogP contribution is 2.55. The van der Waals surface area contributed by atoms with Crippen molar-refractivity contribution in [3.8, 4) is 5.75 Å². The van der Waals surface area contributed by atoms with Gasteiger partial charge in [0.15, 0.2) is 13.2 Å². The number of hydrogen-bond donors (Lipinski definition) is 2. The van der Waals surface area contributed by atoms with Crippen molar-refractivity contribution < 1.29 is 23.9 Å². The van der Waals surface area contributed by atoms with Crippen molar-refractivity contribution >= 4 is 17.8 Å². The summed E-state index contributed by atoms with van der Waals surface area (Å²) >= 11 is 0. The van der Waals surface area contributed by atoms with Gasteiger partial charge in [0, 0.05) is 5.54 Å². The number of ether oxygens (including phenoxy) is 2. The summed E-state index contributed by atoms with van der Waals surface area (Å²) in [4.78, 5) is 35.6. The molecule has 4 aliphatic carbocycles. The van der Waals surface area contributed by atoms with Crippen molar-refractivity contribution in [2.24, 2.45) is 23.5 Å². The normalized spacial score (nSPS) is 29.9. The van der Waals surface area contributed by atoms with E-state index in [4.69, 9.17) is 15.2 Å². The van der Waals surface area contributed by atoms with Crippen molar-refractivity contribution in [3.63, 3.8) is 0 Å². The van der Waals surface area contributed by atoms with Gasteiger partial charge < -0.3 is 20.5 Å². The van der Waals surface area contributed by atoms with Crippen molar-refractivity contribution in [2.75, 3.05) is 13.2 Å². The number of esters is 1. The first-order valence-electron chi connectivity index (χ1n) is 9.91. The van der Waals surface area contributed by atoms with Crippen molar-refractivity contribution in [2.45, 2.75) is 44.1 Å². The second-order valence-corrected chi connectivity index (χ2v) is 8.56. The fourth-order valence-corrected chi connectivity index (χ4v) is 5.72. The van der Waals surface area contributed by atoms with E-state index in [0.717, 1.165) is 37.0 Å². The summed E-state index contributed by atoms with van der Waals surface area (Å²) < 4.78 is 10.4. The Balaban J connectivity index is 1.24. The van der Waals surface area contributed by atoms with E-state index in [1.54, 1.807) is 18.2 Å². The van der Waals surface area contributed by atoms with Crippen LogP contribution in [0.25, 0.3) is 0 Å². The number of rotatable bonds is 7. The largest absolute Gasteiger partial charge is 0.481 e. The number of amides is 2. The molecule has 4 bridgehead atoms. The fraction of sp³-hybridized carbons (Fsp3) is 0.571. The van der Waals surface area contributed by atoms with Gasteiger partial charge in [0.2, 0.25) is 0 Å². The molecular formula is C21H26N2O5. The van der Waals surface area contributed by atoms with E-state index in [0.29, 0.717) is 0 Å². The Hall–Kier alpha value is -2.57. The van der Waals surface area contributed by atoms with Gasteiger partial charge in [0.05, 0.1) is 5.56 Å². The minimum Gasteiger partial charge on any atom is -0.481 e. The third-order valence-corrected chi connectivity index (χ3v) is 6.31. The zero-order valence-electron chi connectivity index (χ0n) is 15.8. The third kappa shape index (κ3) is 3.98. The number of carbonyl (C=O) groups excluding carboxylic acids is 3. The maximum absolute atomic E-state index is 12.4. The lowest BCUT2D eigenvalue weighted by Gasteiger charge is -2.56. The standard InChI is InChI=1S/C21H26N2O5/c22-20(26)16-3-1-2-4-17(16)27-12-19(25)28-11-18(24)23-21-8-13-5-14(9-21)7-15(6-13)10-21/h1-4,13-15H,5-12H2,(H2,22,26)(H,23,24). The van der Waals surface area contributed by atoms with Crippen LogP contribution in [0.1, 0.15) is 48.9 Å². The summed E-state index contributed by atoms with van der Waals surface area (Å²) in [7, 11) is 0. The number of hydrogen-bond acceptors (Lipinski definition) is 5. The minimum absolute atomic E-state index is 0.102. The Morgan fingerprint density at radius 3 is 2.21 bits per heavy atom. The van der Waals surface area contributed by atoms with E-state index < -0.39 is 18.5 Å². The predicted octanol–water partition coefficient (Wildman–Crippen LogP) is 1.79. The van der Waals surface area contributed by atoms with Gasteiger partial charge in [-0.05, 0) is 68.4 Å². The maximum atomic E-state index is 12.4. The van der Waals surface area contributed by atoms with Crippen LogP contribution in [0.2, 0.25) is 0 Å². The average Bonchev–Trinajstić information content (AvgIpc) is 2.63. The number of benzene rings is 1. The molecule has 0 aliphatic heterocycles. The number of nitrogens with two attached hydrogens (primary N) is 1. The number of nitrogens with one attached hydrogen (secondary N) is 1. The highest BCUT2D eigenvalue weighted by atomic mass is 16.6. The van der Waals surface area contributed by atoms with Crippen molar-refractivity contribution in [1.29, 1.82) is 0 Å². The predicted molar refractivity (Wildman–Crippen MR) is 100 cm³/mol. The van der Waals surface area contributed by atoms with E-state index in [2.05, 4.69) is 5.32 Å². The topological polar surface area (TPSA) is 108 Å². The first-order chi connectivity index (χ1) is 13.4. The van der Waals surface area contributed by atoms with Crippen LogP contribution in [0.4, 0.5) is 0 Å². The van der Waals surface area contributed by atoms with E-state index in [1.807, 2.05) is 0 Å². The second-order valence-electron chi connectivity index (χ2n) is 8.56. The summed E-state index contributed by atoms with van der Waals surface area (Å²) in [6.45, 7) is -0.712. The molecule has 150 valence electrons. The number of primary amides is 1. The molecule has 1 aromatic rings. The fourth-order valence-electron chi connectivity index (χ4n) is 5.72. The van der Waals surface area contributed by atoms with Crippen LogP contribution in [0.15, 0.2) is 24.3 Å². The lowest BCUT2D eigenvalue weighted by Crippen LogP contribution is -2.60. The Labute approximate surface area is 163 Å². The minimum atomic E-state index is -0.667. The molecule has 0 saturated heterocycles. The van der Waals surface area contributed by atoms with Crippen molar-refractivity contribution in [3.05, 3.63) is 29.8 Å². The van der Waals surface area contributed by atoms with Gasteiger partial charge in [-0.2, -0.15) is 0 Å². The lowest BCUT2D eigenvalue weighted by atomic mass is 9.53. The zero-order valence-corrected chi connectivity index (χ0v) is 15.8. The molecule has 1 aromatic carbocycles. The molecule has 4 saturated carbocycles. The van der Waals surface area contributed by atoms with Crippen LogP contribution in [-0.2, 0) is 14.3 Å². The summed E-state index contributed by atoms with van der Waals surface area (Å²) in [6, 6.07) is 6.39. The van der Waals surface area contributed by atoms with Gasteiger partial charge in [-0.1, -0.05) is 12.1 Å². The molecule has 0 aromatic heterocycles. The molecule has 2 amide bonds. The third-order valence-electron chi connectivity index (χ3n) is 6.31. The monoisotopic (exact) mass is 386 g/mol. The molecule has 4 aliphatic rings. The number of carbonyl (C=O) groups is 3. The molecule has 4 fully saturated rings. The first kappa shape index (κ1) is 18.8. The summed E-state index contributed by atoms with van der Waals surface area (Å²) in [5, 5.41) is 3.16.